The van der Waals surface area contributed by atoms with Crippen molar-refractivity contribution in [3.05, 3.63) is 30.3 Å². The van der Waals surface area contributed by atoms with Crippen molar-refractivity contribution in [3.8, 4) is 0 Å². The molecule has 0 aliphatic carbocycles. The maximum atomic E-state index is 12.3. The molecule has 2 atom stereocenters. The van der Waals surface area contributed by atoms with E-state index in [1.54, 1.807) is 7.05 Å². The second kappa shape index (κ2) is 12.6. The molecule has 0 bridgehead atoms. The maximum absolute atomic E-state index is 12.3. The molecular formula is C22H38N4O3S. The molecule has 7 nitrogen and oxygen atoms in total. The summed E-state index contributed by atoms with van der Waals surface area (Å²) in [5, 5.41) is 6.24. The van der Waals surface area contributed by atoms with Gasteiger partial charge in [-0.3, -0.25) is 9.20 Å². The number of guanidine groups is 1. The molecule has 2 unspecified atom stereocenters. The van der Waals surface area contributed by atoms with Gasteiger partial charge in [0.1, 0.15) is 5.60 Å². The number of hydrogen-bond donors (Lipinski definition) is 2. The van der Waals surface area contributed by atoms with Crippen molar-refractivity contribution >= 4 is 22.9 Å². The van der Waals surface area contributed by atoms with Crippen LogP contribution in [0.4, 0.5) is 4.79 Å². The summed E-state index contributed by atoms with van der Waals surface area (Å²) in [6.07, 6.45) is 0.360. The van der Waals surface area contributed by atoms with Crippen LogP contribution in [0.25, 0.3) is 0 Å². The van der Waals surface area contributed by atoms with E-state index in [4.69, 9.17) is 4.74 Å². The number of carbonyl (C=O) groups is 1. The zero-order valence-electron chi connectivity index (χ0n) is 19.4. The molecule has 0 fully saturated rings. The van der Waals surface area contributed by atoms with Crippen LogP contribution in [0.3, 0.4) is 0 Å². The van der Waals surface area contributed by atoms with E-state index < -0.39 is 22.5 Å². The van der Waals surface area contributed by atoms with E-state index in [1.165, 1.54) is 0 Å². The van der Waals surface area contributed by atoms with Gasteiger partial charge < -0.3 is 20.3 Å². The van der Waals surface area contributed by atoms with Crippen molar-refractivity contribution < 1.29 is 13.7 Å². The lowest BCUT2D eigenvalue weighted by Crippen LogP contribution is -2.45. The average Bonchev–Trinajstić information content (AvgIpc) is 2.67. The highest BCUT2D eigenvalue weighted by Gasteiger charge is 2.22. The lowest BCUT2D eigenvalue weighted by molar-refractivity contribution is 0.0486. The van der Waals surface area contributed by atoms with Crippen LogP contribution in [0.2, 0.25) is 0 Å². The van der Waals surface area contributed by atoms with Crippen LogP contribution in [0.1, 0.15) is 41.0 Å². The molecular weight excluding hydrogens is 400 g/mol. The zero-order chi connectivity index (χ0) is 22.7. The van der Waals surface area contributed by atoms with Crippen molar-refractivity contribution in [2.24, 2.45) is 10.9 Å². The predicted molar refractivity (Wildman–Crippen MR) is 124 cm³/mol. The second-order valence-corrected chi connectivity index (χ2v) is 10.1. The molecule has 1 aromatic carbocycles. The molecule has 2 N–H and O–H groups in total. The van der Waals surface area contributed by atoms with E-state index >= 15 is 0 Å². The second-order valence-electron chi connectivity index (χ2n) is 8.54. The van der Waals surface area contributed by atoms with Gasteiger partial charge in [0.15, 0.2) is 5.96 Å². The van der Waals surface area contributed by atoms with Gasteiger partial charge in [0.25, 0.3) is 0 Å². The van der Waals surface area contributed by atoms with Crippen molar-refractivity contribution in [2.45, 2.75) is 57.6 Å². The van der Waals surface area contributed by atoms with Crippen LogP contribution < -0.4 is 10.6 Å². The van der Waals surface area contributed by atoms with Crippen LogP contribution in [0.5, 0.6) is 0 Å². The molecule has 8 heteroatoms. The number of amides is 1. The van der Waals surface area contributed by atoms with Crippen LogP contribution in [-0.2, 0) is 15.5 Å². The predicted octanol–water partition coefficient (Wildman–Crippen LogP) is 3.24. The average molecular weight is 439 g/mol. The summed E-state index contributed by atoms with van der Waals surface area (Å²) in [4.78, 5) is 19.3. The smallest absolute Gasteiger partial charge is 0.407 e. The third-order valence-corrected chi connectivity index (χ3v) is 5.81. The third kappa shape index (κ3) is 10.1. The molecule has 0 saturated carbocycles. The number of hydrogen-bond acceptors (Lipinski definition) is 4. The van der Waals surface area contributed by atoms with E-state index in [2.05, 4.69) is 29.5 Å². The van der Waals surface area contributed by atoms with Gasteiger partial charge >= 0.3 is 6.09 Å². The first-order chi connectivity index (χ1) is 14.0. The van der Waals surface area contributed by atoms with E-state index in [0.717, 1.165) is 17.3 Å². The molecule has 1 amide bonds. The van der Waals surface area contributed by atoms with Gasteiger partial charge in [0, 0.05) is 43.9 Å². The van der Waals surface area contributed by atoms with Gasteiger partial charge in [-0.15, -0.1) is 0 Å². The molecule has 30 heavy (non-hydrogen) atoms. The molecule has 0 saturated heterocycles. The summed E-state index contributed by atoms with van der Waals surface area (Å²) in [5.74, 6) is 1.51. The highest BCUT2D eigenvalue weighted by molar-refractivity contribution is 7.85. The Bertz CT molecular complexity index is 702. The van der Waals surface area contributed by atoms with E-state index in [0.29, 0.717) is 18.8 Å². The minimum atomic E-state index is -1.04. The first-order valence-electron chi connectivity index (χ1n) is 10.4. The topological polar surface area (TPSA) is 83.0 Å². The Kier molecular flexibility index (Phi) is 10.9. The van der Waals surface area contributed by atoms with Crippen LogP contribution in [0, 0.1) is 5.92 Å². The monoisotopic (exact) mass is 438 g/mol. The summed E-state index contributed by atoms with van der Waals surface area (Å²) >= 11 is 0. The molecule has 0 heterocycles. The molecule has 0 aromatic heterocycles. The van der Waals surface area contributed by atoms with Crippen molar-refractivity contribution in [2.75, 3.05) is 32.9 Å². The molecule has 0 aliphatic rings. The normalized spacial score (nSPS) is 14.2. The molecule has 0 radical (unpaired) electrons. The zero-order valence-corrected chi connectivity index (χ0v) is 20.2. The minimum absolute atomic E-state index is 0.00834. The first-order valence-corrected chi connectivity index (χ1v) is 11.7. The Morgan fingerprint density at radius 1 is 1.23 bits per heavy atom. The quantitative estimate of drug-likeness (QED) is 0.457. The molecule has 0 aliphatic heterocycles. The van der Waals surface area contributed by atoms with Gasteiger partial charge in [-0.05, 0) is 45.2 Å². The lowest BCUT2D eigenvalue weighted by Gasteiger charge is -2.28. The molecule has 1 aromatic rings. The maximum Gasteiger partial charge on any atom is 0.407 e. The SMILES string of the molecule is CN=C(NCCS(=O)c1ccccc1)N(C)CCC(NC(=O)OC(C)(C)C)C(C)C. The number of aliphatic imine (C=N–C) groups is 1. The summed E-state index contributed by atoms with van der Waals surface area (Å²) in [6, 6.07) is 9.44. The van der Waals surface area contributed by atoms with Crippen LogP contribution >= 0.6 is 0 Å². The standard InChI is InChI=1S/C22H38N4O3S/c1-17(2)19(25-21(27)29-22(3,4)5)13-15-26(7)20(23-6)24-14-16-30(28)18-11-9-8-10-12-18/h8-12,17,19H,13-16H2,1-7H3,(H,23,24)(H,25,27). The summed E-state index contributed by atoms with van der Waals surface area (Å²) in [7, 11) is 2.64. The largest absolute Gasteiger partial charge is 0.444 e. The lowest BCUT2D eigenvalue weighted by atomic mass is 10.0. The molecule has 0 spiro atoms. The van der Waals surface area contributed by atoms with Crippen molar-refractivity contribution in [1.29, 1.82) is 0 Å². The van der Waals surface area contributed by atoms with Gasteiger partial charge in [0.2, 0.25) is 0 Å². The van der Waals surface area contributed by atoms with Gasteiger partial charge in [-0.1, -0.05) is 32.0 Å². The minimum Gasteiger partial charge on any atom is -0.444 e. The fraction of sp³-hybridized carbons (Fsp3) is 0.636. The highest BCUT2D eigenvalue weighted by atomic mass is 32.2. The van der Waals surface area contributed by atoms with Crippen LogP contribution in [-0.4, -0.2) is 65.7 Å². The van der Waals surface area contributed by atoms with Crippen LogP contribution in [0.15, 0.2) is 40.2 Å². The van der Waals surface area contributed by atoms with Gasteiger partial charge in [-0.25, -0.2) is 4.79 Å². The fourth-order valence-electron chi connectivity index (χ4n) is 2.80. The summed E-state index contributed by atoms with van der Waals surface area (Å²) in [6.45, 7) is 11.0. The van der Waals surface area contributed by atoms with E-state index in [1.807, 2.05) is 63.1 Å². The molecule has 1 rings (SSSR count). The number of nitrogens with zero attached hydrogens (tertiary/aromatic N) is 2. The number of ether oxygens (including phenoxy) is 1. The number of rotatable bonds is 9. The Morgan fingerprint density at radius 3 is 2.40 bits per heavy atom. The van der Waals surface area contributed by atoms with Crippen molar-refractivity contribution in [1.82, 2.24) is 15.5 Å². The molecule has 170 valence electrons. The third-order valence-electron chi connectivity index (χ3n) is 4.43. The Hall–Kier alpha value is -2.09. The summed E-state index contributed by atoms with van der Waals surface area (Å²) < 4.78 is 17.7. The number of carbonyl (C=O) groups excluding carboxylic acids is 1. The van der Waals surface area contributed by atoms with Crippen molar-refractivity contribution in [3.63, 3.8) is 0 Å². The van der Waals surface area contributed by atoms with E-state index in [9.17, 15) is 9.00 Å². The Labute approximate surface area is 184 Å². The number of alkyl carbamates (subject to hydrolysis) is 1. The van der Waals surface area contributed by atoms with Gasteiger partial charge in [-0.2, -0.15) is 0 Å². The summed E-state index contributed by atoms with van der Waals surface area (Å²) in [5.41, 5.74) is -0.520. The Balaban J connectivity index is 2.49. The Morgan fingerprint density at radius 2 is 1.87 bits per heavy atom. The number of nitrogens with one attached hydrogen (secondary N) is 2. The van der Waals surface area contributed by atoms with Gasteiger partial charge in [0.05, 0.1) is 10.8 Å². The fourth-order valence-corrected chi connectivity index (χ4v) is 3.78. The highest BCUT2D eigenvalue weighted by Crippen LogP contribution is 2.11. The first kappa shape index (κ1) is 25.9. The van der Waals surface area contributed by atoms with E-state index in [-0.39, 0.29) is 12.0 Å². The number of benzene rings is 1.